The van der Waals surface area contributed by atoms with E-state index in [1.54, 1.807) is 0 Å². The number of hydrogen-bond acceptors (Lipinski definition) is 1. The van der Waals surface area contributed by atoms with Gasteiger partial charge in [-0.2, -0.15) is 0 Å². The second-order valence-electron chi connectivity index (χ2n) is 4.17. The maximum atomic E-state index is 5.75. The van der Waals surface area contributed by atoms with E-state index in [0.717, 1.165) is 17.9 Å². The molecule has 1 aliphatic carbocycles. The SMILES string of the molecule is CC1(CBr)CCOC1C1CC1. The summed E-state index contributed by atoms with van der Waals surface area (Å²) < 4.78 is 5.75. The fraction of sp³-hybridized carbons (Fsp3) is 1.00. The van der Waals surface area contributed by atoms with Crippen molar-refractivity contribution in [3.63, 3.8) is 0 Å². The van der Waals surface area contributed by atoms with Crippen LogP contribution < -0.4 is 0 Å². The van der Waals surface area contributed by atoms with E-state index < -0.39 is 0 Å². The summed E-state index contributed by atoms with van der Waals surface area (Å²) in [7, 11) is 0. The molecule has 2 fully saturated rings. The smallest absolute Gasteiger partial charge is 0.0665 e. The number of halogens is 1. The molecule has 2 atom stereocenters. The van der Waals surface area contributed by atoms with Crippen LogP contribution in [0.4, 0.5) is 0 Å². The molecular weight excluding hydrogens is 204 g/mol. The molecule has 2 heteroatoms. The summed E-state index contributed by atoms with van der Waals surface area (Å²) in [6, 6.07) is 0. The Morgan fingerprint density at radius 1 is 1.55 bits per heavy atom. The van der Waals surface area contributed by atoms with E-state index in [1.165, 1.54) is 19.3 Å². The second-order valence-corrected chi connectivity index (χ2v) is 4.73. The zero-order chi connectivity index (χ0) is 7.90. The maximum absolute atomic E-state index is 5.75. The van der Waals surface area contributed by atoms with E-state index >= 15 is 0 Å². The van der Waals surface area contributed by atoms with Crippen LogP contribution in [0.3, 0.4) is 0 Å². The summed E-state index contributed by atoms with van der Waals surface area (Å²) in [6.07, 6.45) is 4.58. The van der Waals surface area contributed by atoms with E-state index in [9.17, 15) is 0 Å². The number of ether oxygens (including phenoxy) is 1. The number of rotatable bonds is 2. The quantitative estimate of drug-likeness (QED) is 0.648. The van der Waals surface area contributed by atoms with Gasteiger partial charge in [-0.25, -0.2) is 0 Å². The Labute approximate surface area is 76.6 Å². The highest BCUT2D eigenvalue weighted by molar-refractivity contribution is 9.09. The second kappa shape index (κ2) is 2.74. The highest BCUT2D eigenvalue weighted by Gasteiger charge is 2.47. The largest absolute Gasteiger partial charge is 0.377 e. The van der Waals surface area contributed by atoms with Crippen molar-refractivity contribution in [1.29, 1.82) is 0 Å². The molecule has 1 saturated carbocycles. The van der Waals surface area contributed by atoms with Gasteiger partial charge in [0.2, 0.25) is 0 Å². The van der Waals surface area contributed by atoms with Gasteiger partial charge in [-0.05, 0) is 25.2 Å². The van der Waals surface area contributed by atoms with Crippen LogP contribution in [0.25, 0.3) is 0 Å². The molecule has 1 aliphatic heterocycles. The molecule has 11 heavy (non-hydrogen) atoms. The normalized spacial score (nSPS) is 44.7. The van der Waals surface area contributed by atoms with Crippen molar-refractivity contribution in [3.05, 3.63) is 0 Å². The highest BCUT2D eigenvalue weighted by atomic mass is 79.9. The summed E-state index contributed by atoms with van der Waals surface area (Å²) in [4.78, 5) is 0. The maximum Gasteiger partial charge on any atom is 0.0665 e. The monoisotopic (exact) mass is 218 g/mol. The van der Waals surface area contributed by atoms with Crippen LogP contribution in [0, 0.1) is 11.3 Å². The van der Waals surface area contributed by atoms with Crippen molar-refractivity contribution in [2.24, 2.45) is 11.3 Å². The van der Waals surface area contributed by atoms with Crippen molar-refractivity contribution in [2.75, 3.05) is 11.9 Å². The van der Waals surface area contributed by atoms with Gasteiger partial charge in [0.05, 0.1) is 6.10 Å². The third-order valence-electron chi connectivity index (χ3n) is 3.01. The minimum atomic E-state index is 0.432. The van der Waals surface area contributed by atoms with Crippen molar-refractivity contribution >= 4 is 15.9 Å². The summed E-state index contributed by atoms with van der Waals surface area (Å²) in [6.45, 7) is 3.32. The topological polar surface area (TPSA) is 9.23 Å². The fourth-order valence-corrected chi connectivity index (χ4v) is 2.61. The van der Waals surface area contributed by atoms with Crippen molar-refractivity contribution in [1.82, 2.24) is 0 Å². The predicted octanol–water partition coefficient (Wildman–Crippen LogP) is 2.59. The van der Waals surface area contributed by atoms with Crippen molar-refractivity contribution in [2.45, 2.75) is 32.3 Å². The minimum absolute atomic E-state index is 0.432. The average molecular weight is 219 g/mol. The molecule has 0 amide bonds. The molecule has 1 saturated heterocycles. The first-order valence-electron chi connectivity index (χ1n) is 4.44. The van der Waals surface area contributed by atoms with Gasteiger partial charge in [0.1, 0.15) is 0 Å². The molecule has 0 aromatic rings. The van der Waals surface area contributed by atoms with Crippen molar-refractivity contribution in [3.8, 4) is 0 Å². The standard InChI is InChI=1S/C9H15BrO/c1-9(6-10)4-5-11-8(9)7-2-3-7/h7-8H,2-6H2,1H3. The first-order chi connectivity index (χ1) is 5.26. The van der Waals surface area contributed by atoms with Gasteiger partial charge in [0, 0.05) is 17.4 Å². The van der Waals surface area contributed by atoms with Crippen molar-refractivity contribution < 1.29 is 4.74 Å². The van der Waals surface area contributed by atoms with Crippen LogP contribution in [-0.2, 0) is 4.74 Å². The number of alkyl halides is 1. The summed E-state index contributed by atoms with van der Waals surface area (Å²) in [5.74, 6) is 0.889. The van der Waals surface area contributed by atoms with Gasteiger partial charge in [-0.15, -0.1) is 0 Å². The molecule has 0 aromatic carbocycles. The van der Waals surface area contributed by atoms with Crippen LogP contribution >= 0.6 is 15.9 Å². The molecule has 2 aliphatic rings. The Hall–Kier alpha value is 0.440. The van der Waals surface area contributed by atoms with E-state index in [1.807, 2.05) is 0 Å². The lowest BCUT2D eigenvalue weighted by molar-refractivity contribution is 0.0484. The molecule has 64 valence electrons. The lowest BCUT2D eigenvalue weighted by Crippen LogP contribution is -2.30. The molecule has 0 aromatic heterocycles. The van der Waals surface area contributed by atoms with Crippen LogP contribution in [0.1, 0.15) is 26.2 Å². The Bertz CT molecular complexity index is 156. The molecule has 2 rings (SSSR count). The van der Waals surface area contributed by atoms with Gasteiger partial charge in [0.15, 0.2) is 0 Å². The van der Waals surface area contributed by atoms with Crippen LogP contribution in [0.15, 0.2) is 0 Å². The first kappa shape index (κ1) is 8.06. The Morgan fingerprint density at radius 3 is 2.82 bits per heavy atom. The Kier molecular flexibility index (Phi) is 2.00. The van der Waals surface area contributed by atoms with Gasteiger partial charge in [-0.3, -0.25) is 0 Å². The first-order valence-corrected chi connectivity index (χ1v) is 5.56. The van der Waals surface area contributed by atoms with E-state index in [-0.39, 0.29) is 0 Å². The van der Waals surface area contributed by atoms with E-state index in [0.29, 0.717) is 11.5 Å². The third kappa shape index (κ3) is 1.35. The Balaban J connectivity index is 2.05. The van der Waals surface area contributed by atoms with Crippen LogP contribution in [-0.4, -0.2) is 18.0 Å². The van der Waals surface area contributed by atoms with Gasteiger partial charge in [-0.1, -0.05) is 22.9 Å². The van der Waals surface area contributed by atoms with E-state index in [2.05, 4.69) is 22.9 Å². The minimum Gasteiger partial charge on any atom is -0.377 e. The molecule has 1 nitrogen and oxygen atoms in total. The summed E-state index contributed by atoms with van der Waals surface area (Å²) >= 11 is 3.59. The molecular formula is C9H15BrO. The molecule has 1 heterocycles. The predicted molar refractivity (Wildman–Crippen MR) is 49.0 cm³/mol. The number of hydrogen-bond donors (Lipinski definition) is 0. The molecule has 0 bridgehead atoms. The zero-order valence-corrected chi connectivity index (χ0v) is 8.56. The summed E-state index contributed by atoms with van der Waals surface area (Å²) in [5, 5.41) is 1.10. The van der Waals surface area contributed by atoms with Gasteiger partial charge < -0.3 is 4.74 Å². The molecule has 0 spiro atoms. The zero-order valence-electron chi connectivity index (χ0n) is 6.98. The highest BCUT2D eigenvalue weighted by Crippen LogP contribution is 2.48. The lowest BCUT2D eigenvalue weighted by atomic mass is 9.83. The van der Waals surface area contributed by atoms with Crippen LogP contribution in [0.5, 0.6) is 0 Å². The average Bonchev–Trinajstić information content (AvgIpc) is 2.77. The van der Waals surface area contributed by atoms with Gasteiger partial charge in [0.25, 0.3) is 0 Å². The molecule has 2 unspecified atom stereocenters. The molecule has 0 radical (unpaired) electrons. The van der Waals surface area contributed by atoms with E-state index in [4.69, 9.17) is 4.74 Å². The van der Waals surface area contributed by atoms with Crippen LogP contribution in [0.2, 0.25) is 0 Å². The third-order valence-corrected chi connectivity index (χ3v) is 4.29. The van der Waals surface area contributed by atoms with Gasteiger partial charge >= 0.3 is 0 Å². The molecule has 0 N–H and O–H groups in total. The summed E-state index contributed by atoms with van der Waals surface area (Å²) in [5.41, 5.74) is 0.432. The Morgan fingerprint density at radius 2 is 2.27 bits per heavy atom. The fourth-order valence-electron chi connectivity index (χ4n) is 2.01. The lowest BCUT2D eigenvalue weighted by Gasteiger charge is -2.27.